The van der Waals surface area contributed by atoms with Crippen LogP contribution >= 0.6 is 11.3 Å². The Hall–Kier alpha value is -2.80. The van der Waals surface area contributed by atoms with Gasteiger partial charge in [0.1, 0.15) is 15.8 Å². The van der Waals surface area contributed by atoms with Gasteiger partial charge >= 0.3 is 0 Å². The van der Waals surface area contributed by atoms with E-state index >= 15 is 0 Å². The first-order valence-electron chi connectivity index (χ1n) is 25.8. The molecule has 1 aromatic heterocycles. The quantitative estimate of drug-likeness (QED) is 0.0529. The van der Waals surface area contributed by atoms with Crippen LogP contribution in [0.1, 0.15) is 233 Å². The maximum absolute atomic E-state index is 6.63. The zero-order valence-corrected chi connectivity index (χ0v) is 40.7. The maximum Gasteiger partial charge on any atom is 0.203 e. The monoisotopic (exact) mass is 863 g/mol. The molecule has 0 spiro atoms. The van der Waals surface area contributed by atoms with Gasteiger partial charge in [-0.15, -0.1) is 10.2 Å². The van der Waals surface area contributed by atoms with E-state index < -0.39 is 0 Å². The largest absolute Gasteiger partial charge is 0.494 e. The minimum atomic E-state index is 0.665. The lowest BCUT2D eigenvalue weighted by Gasteiger charge is -2.18. The molecule has 0 N–H and O–H groups in total. The Morgan fingerprint density at radius 1 is 0.344 bits per heavy atom. The SMILES string of the molecule is CCCCCCCCCCOc1ccc(-c2nnc(-c3cc(OCCCCCCCCCC)c(OCCCCCCCCCC)c(OCCCCCCCCCC)c3)s2)cc1. The Kier molecular flexibility index (Phi) is 31.6. The molecule has 0 radical (unpaired) electrons. The first-order chi connectivity index (χ1) is 30.2. The van der Waals surface area contributed by atoms with Crippen molar-refractivity contribution in [1.82, 2.24) is 10.2 Å². The van der Waals surface area contributed by atoms with Gasteiger partial charge in [-0.2, -0.15) is 0 Å². The highest BCUT2D eigenvalue weighted by molar-refractivity contribution is 7.17. The second-order valence-corrected chi connectivity index (χ2v) is 18.5. The molecule has 3 rings (SSSR count). The minimum Gasteiger partial charge on any atom is -0.494 e. The van der Waals surface area contributed by atoms with Gasteiger partial charge in [0.2, 0.25) is 5.75 Å². The molecule has 61 heavy (non-hydrogen) atoms. The third kappa shape index (κ3) is 24.6. The van der Waals surface area contributed by atoms with E-state index in [-0.39, 0.29) is 0 Å². The number of rotatable bonds is 42. The summed E-state index contributed by atoms with van der Waals surface area (Å²) in [6.07, 6.45) is 40.8. The van der Waals surface area contributed by atoms with Crippen LogP contribution in [-0.4, -0.2) is 36.6 Å². The zero-order valence-electron chi connectivity index (χ0n) is 39.9. The number of aromatic nitrogens is 2. The van der Waals surface area contributed by atoms with Crippen LogP contribution in [0.5, 0.6) is 23.0 Å². The molecular formula is C54H90N2O4S. The number of hydrogen-bond donors (Lipinski definition) is 0. The fourth-order valence-corrected chi connectivity index (χ4v) is 8.72. The van der Waals surface area contributed by atoms with Crippen molar-refractivity contribution >= 4 is 11.3 Å². The first-order valence-corrected chi connectivity index (χ1v) is 26.6. The van der Waals surface area contributed by atoms with Gasteiger partial charge < -0.3 is 18.9 Å². The number of unbranched alkanes of at least 4 members (excludes halogenated alkanes) is 28. The van der Waals surface area contributed by atoms with Crippen molar-refractivity contribution < 1.29 is 18.9 Å². The lowest BCUT2D eigenvalue weighted by Crippen LogP contribution is -2.06. The van der Waals surface area contributed by atoms with Crippen LogP contribution in [-0.2, 0) is 0 Å². The number of ether oxygens (including phenoxy) is 4. The zero-order chi connectivity index (χ0) is 43.3. The van der Waals surface area contributed by atoms with Crippen LogP contribution in [0.3, 0.4) is 0 Å². The summed E-state index contributed by atoms with van der Waals surface area (Å²) in [5.41, 5.74) is 2.01. The van der Waals surface area contributed by atoms with E-state index in [4.69, 9.17) is 24.0 Å². The second kappa shape index (κ2) is 36.7. The van der Waals surface area contributed by atoms with Crippen LogP contribution in [0.25, 0.3) is 21.1 Å². The molecule has 3 aromatic rings. The summed E-state index contributed by atoms with van der Waals surface area (Å²) in [7, 11) is 0. The molecule has 0 saturated carbocycles. The van der Waals surface area contributed by atoms with E-state index in [1.54, 1.807) is 11.3 Å². The van der Waals surface area contributed by atoms with Crippen LogP contribution in [0.2, 0.25) is 0 Å². The summed E-state index contributed by atoms with van der Waals surface area (Å²) in [5.74, 6) is 3.19. The predicted molar refractivity (Wildman–Crippen MR) is 263 cm³/mol. The molecular weight excluding hydrogens is 773 g/mol. The van der Waals surface area contributed by atoms with Crippen molar-refractivity contribution in [3.8, 4) is 44.1 Å². The summed E-state index contributed by atoms with van der Waals surface area (Å²) < 4.78 is 26.0. The van der Waals surface area contributed by atoms with Gasteiger partial charge in [-0.3, -0.25) is 0 Å². The van der Waals surface area contributed by atoms with E-state index in [2.05, 4.69) is 69.2 Å². The van der Waals surface area contributed by atoms with Gasteiger partial charge in [0, 0.05) is 11.1 Å². The molecule has 0 atom stereocenters. The highest BCUT2D eigenvalue weighted by Crippen LogP contribution is 2.43. The van der Waals surface area contributed by atoms with Crippen molar-refractivity contribution in [2.45, 2.75) is 233 Å². The summed E-state index contributed by atoms with van der Waals surface area (Å²) >= 11 is 1.61. The van der Waals surface area contributed by atoms with Crippen molar-refractivity contribution in [2.75, 3.05) is 26.4 Å². The van der Waals surface area contributed by atoms with Crippen molar-refractivity contribution in [3.05, 3.63) is 36.4 Å². The van der Waals surface area contributed by atoms with Crippen LogP contribution < -0.4 is 18.9 Å². The van der Waals surface area contributed by atoms with Crippen molar-refractivity contribution in [3.63, 3.8) is 0 Å². The first kappa shape index (κ1) is 52.5. The summed E-state index contributed by atoms with van der Waals surface area (Å²) in [6, 6.07) is 12.6. The minimum absolute atomic E-state index is 0.665. The van der Waals surface area contributed by atoms with Gasteiger partial charge in [-0.05, 0) is 62.1 Å². The van der Waals surface area contributed by atoms with Crippen molar-refractivity contribution in [1.29, 1.82) is 0 Å². The smallest absolute Gasteiger partial charge is 0.203 e. The Labute approximate surface area is 379 Å². The maximum atomic E-state index is 6.63. The van der Waals surface area contributed by atoms with E-state index in [0.29, 0.717) is 19.8 Å². The molecule has 0 bridgehead atoms. The summed E-state index contributed by atoms with van der Waals surface area (Å²) in [5, 5.41) is 11.1. The fourth-order valence-electron chi connectivity index (χ4n) is 7.88. The lowest BCUT2D eigenvalue weighted by molar-refractivity contribution is 0.234. The topological polar surface area (TPSA) is 62.7 Å². The summed E-state index contributed by atoms with van der Waals surface area (Å²) in [4.78, 5) is 0. The lowest BCUT2D eigenvalue weighted by atomic mass is 10.1. The van der Waals surface area contributed by atoms with Crippen LogP contribution in [0, 0.1) is 0 Å². The highest BCUT2D eigenvalue weighted by atomic mass is 32.1. The van der Waals surface area contributed by atoms with E-state index in [1.165, 1.54) is 180 Å². The summed E-state index contributed by atoms with van der Waals surface area (Å²) in [6.45, 7) is 11.9. The number of benzene rings is 2. The molecule has 0 unspecified atom stereocenters. The molecule has 2 aromatic carbocycles. The van der Waals surface area contributed by atoms with Gasteiger partial charge in [0.15, 0.2) is 11.5 Å². The Bertz CT molecular complexity index is 1400. The van der Waals surface area contributed by atoms with Gasteiger partial charge in [-0.25, -0.2) is 0 Å². The van der Waals surface area contributed by atoms with Gasteiger partial charge in [-0.1, -0.05) is 219 Å². The van der Waals surface area contributed by atoms with E-state index in [0.717, 1.165) is 76.4 Å². The highest BCUT2D eigenvalue weighted by Gasteiger charge is 2.19. The van der Waals surface area contributed by atoms with Gasteiger partial charge in [0.25, 0.3) is 0 Å². The molecule has 346 valence electrons. The number of hydrogen-bond acceptors (Lipinski definition) is 7. The van der Waals surface area contributed by atoms with E-state index in [1.807, 2.05) is 0 Å². The molecule has 0 saturated heterocycles. The average Bonchev–Trinajstić information content (AvgIpc) is 3.78. The molecule has 0 amide bonds. The standard InChI is InChI=1S/C54H90N2O4S/c1-5-9-13-17-21-25-29-33-41-57-49-39-37-47(38-40-49)53-55-56-54(61-53)48-45-50(58-42-34-30-26-22-18-14-10-6-2)52(60-44-36-32-28-24-20-16-12-8-4)51(46-48)59-43-35-31-27-23-19-15-11-7-3/h37-40,45-46H,5-36,41-44H2,1-4H3. The predicted octanol–water partition coefficient (Wildman–Crippen LogP) is 18.0. The molecule has 0 aliphatic carbocycles. The fraction of sp³-hybridized carbons (Fsp3) is 0.741. The Morgan fingerprint density at radius 2 is 0.656 bits per heavy atom. The molecule has 0 aliphatic heterocycles. The molecule has 1 heterocycles. The second-order valence-electron chi connectivity index (χ2n) is 17.5. The normalized spacial score (nSPS) is 11.3. The third-order valence-corrected chi connectivity index (χ3v) is 12.8. The molecule has 6 nitrogen and oxygen atoms in total. The van der Waals surface area contributed by atoms with Crippen LogP contribution in [0.4, 0.5) is 0 Å². The van der Waals surface area contributed by atoms with Crippen LogP contribution in [0.15, 0.2) is 36.4 Å². The Balaban J connectivity index is 1.70. The Morgan fingerprint density at radius 3 is 1.03 bits per heavy atom. The van der Waals surface area contributed by atoms with E-state index in [9.17, 15) is 0 Å². The molecule has 0 fully saturated rings. The van der Waals surface area contributed by atoms with Gasteiger partial charge in [0.05, 0.1) is 26.4 Å². The third-order valence-electron chi connectivity index (χ3n) is 11.8. The molecule has 0 aliphatic rings. The molecule has 7 heteroatoms. The van der Waals surface area contributed by atoms with Crippen molar-refractivity contribution in [2.24, 2.45) is 0 Å². The number of nitrogens with zero attached hydrogens (tertiary/aromatic N) is 2. The average molecular weight is 863 g/mol.